The third-order valence-electron chi connectivity index (χ3n) is 2.72. The Morgan fingerprint density at radius 3 is 2.72 bits per heavy atom. The van der Waals surface area contributed by atoms with Crippen molar-refractivity contribution in [2.24, 2.45) is 12.1 Å². The van der Waals surface area contributed by atoms with E-state index in [-0.39, 0.29) is 5.91 Å². The molecule has 1 aliphatic heterocycles. The van der Waals surface area contributed by atoms with Crippen LogP contribution in [0, 0.1) is 0 Å². The van der Waals surface area contributed by atoms with Gasteiger partial charge in [0.2, 0.25) is 0 Å². The molecule has 1 amide bonds. The molecule has 0 spiro atoms. The van der Waals surface area contributed by atoms with Crippen molar-refractivity contribution < 1.29 is 4.79 Å². The maximum absolute atomic E-state index is 11.9. The van der Waals surface area contributed by atoms with Gasteiger partial charge in [-0.1, -0.05) is 0 Å². The SMILES string of the molecule is Cn1cc(C2=NN(c3ccncc3)C(=O)C2)cn1. The fraction of sp³-hybridized carbons (Fsp3) is 0.167. The van der Waals surface area contributed by atoms with Gasteiger partial charge in [-0.25, -0.2) is 5.01 Å². The van der Waals surface area contributed by atoms with E-state index in [1.807, 2.05) is 13.2 Å². The van der Waals surface area contributed by atoms with Crippen molar-refractivity contribution in [3.8, 4) is 0 Å². The summed E-state index contributed by atoms with van der Waals surface area (Å²) in [5.41, 5.74) is 2.35. The van der Waals surface area contributed by atoms with Crippen molar-refractivity contribution in [3.63, 3.8) is 0 Å². The average molecular weight is 241 g/mol. The number of rotatable bonds is 2. The van der Waals surface area contributed by atoms with Crippen molar-refractivity contribution in [1.82, 2.24) is 14.8 Å². The second-order valence-electron chi connectivity index (χ2n) is 4.04. The standard InChI is InChI=1S/C12H11N5O/c1-16-8-9(7-14-16)11-6-12(18)17(15-11)10-2-4-13-5-3-10/h2-5,7-8H,6H2,1H3. The Balaban J connectivity index is 1.94. The number of pyridine rings is 1. The van der Waals surface area contributed by atoms with Gasteiger partial charge in [0.15, 0.2) is 0 Å². The summed E-state index contributed by atoms with van der Waals surface area (Å²) in [6.07, 6.45) is 7.14. The summed E-state index contributed by atoms with van der Waals surface area (Å²) in [6.45, 7) is 0. The molecule has 0 fully saturated rings. The van der Waals surface area contributed by atoms with E-state index in [4.69, 9.17) is 0 Å². The van der Waals surface area contributed by atoms with Crippen molar-refractivity contribution >= 4 is 17.3 Å². The number of aryl methyl sites for hydroxylation is 1. The number of carbonyl (C=O) groups is 1. The predicted molar refractivity (Wildman–Crippen MR) is 66.1 cm³/mol. The zero-order valence-electron chi connectivity index (χ0n) is 9.82. The predicted octanol–water partition coefficient (Wildman–Crippen LogP) is 0.956. The van der Waals surface area contributed by atoms with Gasteiger partial charge in [-0.2, -0.15) is 10.2 Å². The number of anilines is 1. The second kappa shape index (κ2) is 4.06. The maximum Gasteiger partial charge on any atom is 0.253 e. The minimum absolute atomic E-state index is 0.0416. The summed E-state index contributed by atoms with van der Waals surface area (Å²) in [5.74, 6) is -0.0416. The molecule has 0 aromatic carbocycles. The molecule has 6 nitrogen and oxygen atoms in total. The number of hydrogen-bond donors (Lipinski definition) is 0. The second-order valence-corrected chi connectivity index (χ2v) is 4.04. The van der Waals surface area contributed by atoms with Crippen LogP contribution in [-0.4, -0.2) is 26.4 Å². The first kappa shape index (κ1) is 10.6. The number of hydrazone groups is 1. The van der Waals surface area contributed by atoms with Gasteiger partial charge < -0.3 is 0 Å². The van der Waals surface area contributed by atoms with E-state index in [1.54, 1.807) is 35.4 Å². The first-order valence-electron chi connectivity index (χ1n) is 5.53. The average Bonchev–Trinajstić information content (AvgIpc) is 2.97. The largest absolute Gasteiger partial charge is 0.275 e. The van der Waals surface area contributed by atoms with Gasteiger partial charge in [0, 0.05) is 31.2 Å². The lowest BCUT2D eigenvalue weighted by atomic mass is 10.2. The molecule has 2 aromatic rings. The Morgan fingerprint density at radius 2 is 2.06 bits per heavy atom. The summed E-state index contributed by atoms with van der Waals surface area (Å²) < 4.78 is 1.69. The van der Waals surface area contributed by atoms with E-state index in [1.165, 1.54) is 5.01 Å². The Labute approximate surface area is 104 Å². The van der Waals surface area contributed by atoms with E-state index in [9.17, 15) is 4.79 Å². The molecular formula is C12H11N5O. The zero-order valence-corrected chi connectivity index (χ0v) is 9.82. The molecule has 90 valence electrons. The van der Waals surface area contributed by atoms with Gasteiger partial charge in [0.05, 0.1) is 24.0 Å². The van der Waals surface area contributed by atoms with Crippen LogP contribution < -0.4 is 5.01 Å². The molecule has 2 aromatic heterocycles. The van der Waals surface area contributed by atoms with Gasteiger partial charge >= 0.3 is 0 Å². The van der Waals surface area contributed by atoms with E-state index in [0.717, 1.165) is 17.0 Å². The molecule has 0 unspecified atom stereocenters. The quantitative estimate of drug-likeness (QED) is 0.786. The molecular weight excluding hydrogens is 230 g/mol. The van der Waals surface area contributed by atoms with Crippen LogP contribution in [-0.2, 0) is 11.8 Å². The number of nitrogens with zero attached hydrogens (tertiary/aromatic N) is 5. The lowest BCUT2D eigenvalue weighted by molar-refractivity contribution is -0.116. The number of hydrogen-bond acceptors (Lipinski definition) is 4. The Morgan fingerprint density at radius 1 is 1.28 bits per heavy atom. The maximum atomic E-state index is 11.9. The first-order valence-corrected chi connectivity index (χ1v) is 5.53. The molecule has 18 heavy (non-hydrogen) atoms. The summed E-state index contributed by atoms with van der Waals surface area (Å²) in [7, 11) is 1.83. The molecule has 0 bridgehead atoms. The van der Waals surface area contributed by atoms with Gasteiger partial charge in [-0.3, -0.25) is 14.5 Å². The van der Waals surface area contributed by atoms with Crippen LogP contribution in [0.25, 0.3) is 0 Å². The monoisotopic (exact) mass is 241 g/mol. The Kier molecular flexibility index (Phi) is 2.40. The van der Waals surface area contributed by atoms with Gasteiger partial charge in [-0.15, -0.1) is 0 Å². The topological polar surface area (TPSA) is 63.4 Å². The molecule has 0 atom stereocenters. The van der Waals surface area contributed by atoms with E-state index in [0.29, 0.717) is 6.42 Å². The van der Waals surface area contributed by atoms with Crippen molar-refractivity contribution in [1.29, 1.82) is 0 Å². The number of carbonyl (C=O) groups excluding carboxylic acids is 1. The van der Waals surface area contributed by atoms with Crippen molar-refractivity contribution in [3.05, 3.63) is 42.5 Å². The smallest absolute Gasteiger partial charge is 0.253 e. The van der Waals surface area contributed by atoms with Crippen LogP contribution in [0.15, 0.2) is 42.0 Å². The van der Waals surface area contributed by atoms with Crippen LogP contribution in [0.2, 0.25) is 0 Å². The molecule has 0 aliphatic carbocycles. The number of amides is 1. The third kappa shape index (κ3) is 1.77. The Bertz CT molecular complexity index is 616. The first-order chi connectivity index (χ1) is 8.74. The minimum atomic E-state index is -0.0416. The van der Waals surface area contributed by atoms with Crippen molar-refractivity contribution in [2.45, 2.75) is 6.42 Å². The lowest BCUT2D eigenvalue weighted by Crippen LogP contribution is -2.19. The zero-order chi connectivity index (χ0) is 12.5. The van der Waals surface area contributed by atoms with Crippen LogP contribution >= 0.6 is 0 Å². The van der Waals surface area contributed by atoms with Crippen LogP contribution in [0.4, 0.5) is 5.69 Å². The highest BCUT2D eigenvalue weighted by Crippen LogP contribution is 2.21. The minimum Gasteiger partial charge on any atom is -0.275 e. The molecule has 0 N–H and O–H groups in total. The summed E-state index contributed by atoms with van der Waals surface area (Å²) >= 11 is 0. The van der Waals surface area contributed by atoms with Crippen molar-refractivity contribution in [2.75, 3.05) is 5.01 Å². The molecule has 0 radical (unpaired) electrons. The highest BCUT2D eigenvalue weighted by atomic mass is 16.2. The number of aromatic nitrogens is 3. The molecule has 0 saturated carbocycles. The van der Waals surface area contributed by atoms with E-state index >= 15 is 0 Å². The third-order valence-corrected chi connectivity index (χ3v) is 2.72. The highest BCUT2D eigenvalue weighted by Gasteiger charge is 2.26. The normalized spacial score (nSPS) is 15.1. The fourth-order valence-electron chi connectivity index (χ4n) is 1.85. The van der Waals surface area contributed by atoms with Crippen LogP contribution in [0.5, 0.6) is 0 Å². The molecule has 0 saturated heterocycles. The molecule has 6 heteroatoms. The van der Waals surface area contributed by atoms with E-state index in [2.05, 4.69) is 15.2 Å². The van der Waals surface area contributed by atoms with Gasteiger partial charge in [0.1, 0.15) is 0 Å². The van der Waals surface area contributed by atoms with Crippen LogP contribution in [0.3, 0.4) is 0 Å². The van der Waals surface area contributed by atoms with Gasteiger partial charge in [0.25, 0.3) is 5.91 Å². The summed E-state index contributed by atoms with van der Waals surface area (Å²) in [5, 5.41) is 9.83. The Hall–Kier alpha value is -2.50. The van der Waals surface area contributed by atoms with E-state index < -0.39 is 0 Å². The van der Waals surface area contributed by atoms with Gasteiger partial charge in [-0.05, 0) is 12.1 Å². The lowest BCUT2D eigenvalue weighted by Gasteiger charge is -2.10. The highest BCUT2D eigenvalue weighted by molar-refractivity contribution is 6.19. The molecule has 3 heterocycles. The van der Waals surface area contributed by atoms with Crippen LogP contribution in [0.1, 0.15) is 12.0 Å². The summed E-state index contributed by atoms with van der Waals surface area (Å²) in [4.78, 5) is 15.9. The molecule has 1 aliphatic rings. The fourth-order valence-corrected chi connectivity index (χ4v) is 1.85. The summed E-state index contributed by atoms with van der Waals surface area (Å²) in [6, 6.07) is 3.52. The molecule has 3 rings (SSSR count).